The summed E-state index contributed by atoms with van der Waals surface area (Å²) in [5.74, 6) is 2.48. The van der Waals surface area contributed by atoms with Crippen LogP contribution in [-0.4, -0.2) is 63.5 Å². The van der Waals surface area contributed by atoms with Crippen molar-refractivity contribution in [3.63, 3.8) is 0 Å². The highest BCUT2D eigenvalue weighted by Crippen LogP contribution is 2.24. The van der Waals surface area contributed by atoms with Crippen LogP contribution < -0.4 is 10.6 Å². The van der Waals surface area contributed by atoms with E-state index in [1.54, 1.807) is 29.7 Å². The van der Waals surface area contributed by atoms with Crippen LogP contribution in [0.3, 0.4) is 0 Å². The first-order chi connectivity index (χ1) is 15.7. The Bertz CT molecular complexity index is 1030. The summed E-state index contributed by atoms with van der Waals surface area (Å²) in [7, 11) is 0. The van der Waals surface area contributed by atoms with Crippen molar-refractivity contribution in [1.82, 2.24) is 25.1 Å². The first kappa shape index (κ1) is 24.3. The van der Waals surface area contributed by atoms with Crippen molar-refractivity contribution >= 4 is 46.3 Å². The maximum absolute atomic E-state index is 12.7. The van der Waals surface area contributed by atoms with Crippen molar-refractivity contribution in [3.8, 4) is 0 Å². The van der Waals surface area contributed by atoms with E-state index in [1.165, 1.54) is 0 Å². The molecule has 2 heterocycles. The van der Waals surface area contributed by atoms with E-state index >= 15 is 0 Å². The summed E-state index contributed by atoms with van der Waals surface area (Å²) in [5, 5.41) is 12.4. The highest BCUT2D eigenvalue weighted by atomic mass is 32.2. The number of anilines is 1. The molecule has 0 unspecified atom stereocenters. The molecule has 32 heavy (non-hydrogen) atoms. The lowest BCUT2D eigenvalue weighted by atomic mass is 10.2. The number of thioether (sulfide) groups is 2. The fourth-order valence-electron chi connectivity index (χ4n) is 3.12. The second-order valence-corrected chi connectivity index (χ2v) is 9.24. The number of carbonyl (C=O) groups is 1. The molecule has 0 atom stereocenters. The van der Waals surface area contributed by atoms with Gasteiger partial charge in [0.2, 0.25) is 0 Å². The van der Waals surface area contributed by atoms with E-state index < -0.39 is 0 Å². The molecule has 8 nitrogen and oxygen atoms in total. The molecule has 3 rings (SSSR count). The minimum atomic E-state index is -0.0758. The van der Waals surface area contributed by atoms with Crippen LogP contribution in [0.25, 0.3) is 11.0 Å². The molecule has 2 N–H and O–H groups in total. The van der Waals surface area contributed by atoms with Crippen molar-refractivity contribution < 1.29 is 9.53 Å². The third-order valence-electron chi connectivity index (χ3n) is 4.53. The maximum Gasteiger partial charge on any atom is 0.252 e. The van der Waals surface area contributed by atoms with Gasteiger partial charge in [-0.3, -0.25) is 4.79 Å². The third-order valence-corrected chi connectivity index (χ3v) is 6.22. The van der Waals surface area contributed by atoms with Crippen LogP contribution in [0.4, 0.5) is 5.82 Å². The summed E-state index contributed by atoms with van der Waals surface area (Å²) in [6.07, 6.45) is 1.77. The van der Waals surface area contributed by atoms with E-state index in [0.29, 0.717) is 43.6 Å². The summed E-state index contributed by atoms with van der Waals surface area (Å²) in [6.45, 7) is 9.05. The fourth-order valence-corrected chi connectivity index (χ4v) is 4.49. The molecule has 1 amide bonds. The summed E-state index contributed by atoms with van der Waals surface area (Å²) < 4.78 is 7.23. The van der Waals surface area contributed by atoms with Crippen LogP contribution in [0.2, 0.25) is 0 Å². The minimum Gasteiger partial charge on any atom is -0.380 e. The Balaban J connectivity index is 1.70. The molecule has 0 aliphatic rings. The zero-order chi connectivity index (χ0) is 22.8. The lowest BCUT2D eigenvalue weighted by molar-refractivity contribution is 0.0949. The van der Waals surface area contributed by atoms with Gasteiger partial charge in [-0.2, -0.15) is 5.10 Å². The Morgan fingerprint density at radius 3 is 2.69 bits per heavy atom. The molecule has 1 aromatic carbocycles. The molecular weight excluding hydrogens is 444 g/mol. The second-order valence-electron chi connectivity index (χ2n) is 6.70. The fraction of sp³-hybridized carbons (Fsp3) is 0.455. The summed E-state index contributed by atoms with van der Waals surface area (Å²) >= 11 is 3.25. The van der Waals surface area contributed by atoms with Crippen molar-refractivity contribution in [2.75, 3.05) is 43.1 Å². The number of hydrogen-bond acceptors (Lipinski definition) is 8. The topological polar surface area (TPSA) is 94.0 Å². The van der Waals surface area contributed by atoms with Crippen molar-refractivity contribution in [2.24, 2.45) is 0 Å². The van der Waals surface area contributed by atoms with Gasteiger partial charge in [0.05, 0.1) is 30.3 Å². The Labute approximate surface area is 197 Å². The molecule has 172 valence electrons. The number of benzene rings is 1. The lowest BCUT2D eigenvalue weighted by Crippen LogP contribution is -2.28. The molecule has 0 saturated carbocycles. The SMILES string of the molecule is CCOCCNc1nc(SCC)nc2c1cnn2CCNC(=O)c1ccccc1SCC. The minimum absolute atomic E-state index is 0.0758. The standard InChI is InChI=1S/C22H30N6O2S2/c1-4-30-14-12-23-19-17-15-25-28(20(17)27-22(26-19)32-6-3)13-11-24-21(29)16-9-7-8-10-18(16)31-5-2/h7-10,15H,4-6,11-14H2,1-3H3,(H,24,29)(H,23,26,27). The van der Waals surface area contributed by atoms with Gasteiger partial charge in [0, 0.05) is 24.6 Å². The Kier molecular flexibility index (Phi) is 9.63. The molecule has 0 radical (unpaired) electrons. The predicted octanol–water partition coefficient (Wildman–Crippen LogP) is 3.93. The number of aromatic nitrogens is 4. The van der Waals surface area contributed by atoms with E-state index in [2.05, 4.69) is 39.5 Å². The lowest BCUT2D eigenvalue weighted by Gasteiger charge is -2.11. The number of amides is 1. The van der Waals surface area contributed by atoms with Gasteiger partial charge < -0.3 is 15.4 Å². The molecule has 0 aliphatic carbocycles. The number of fused-ring (bicyclic) bond motifs is 1. The smallest absolute Gasteiger partial charge is 0.252 e. The van der Waals surface area contributed by atoms with Crippen molar-refractivity contribution in [2.45, 2.75) is 37.4 Å². The average molecular weight is 475 g/mol. The van der Waals surface area contributed by atoms with E-state index in [9.17, 15) is 4.79 Å². The van der Waals surface area contributed by atoms with Gasteiger partial charge in [-0.05, 0) is 30.6 Å². The number of carbonyl (C=O) groups excluding carboxylic acids is 1. The highest BCUT2D eigenvalue weighted by molar-refractivity contribution is 7.99. The predicted molar refractivity (Wildman–Crippen MR) is 132 cm³/mol. The van der Waals surface area contributed by atoms with Crippen LogP contribution >= 0.6 is 23.5 Å². The maximum atomic E-state index is 12.7. The molecule has 0 aliphatic heterocycles. The van der Waals surface area contributed by atoms with E-state index in [1.807, 2.05) is 35.9 Å². The Hall–Kier alpha value is -2.30. The zero-order valence-corrected chi connectivity index (χ0v) is 20.4. The van der Waals surface area contributed by atoms with Gasteiger partial charge in [0.15, 0.2) is 10.8 Å². The van der Waals surface area contributed by atoms with Gasteiger partial charge >= 0.3 is 0 Å². The Morgan fingerprint density at radius 1 is 1.09 bits per heavy atom. The highest BCUT2D eigenvalue weighted by Gasteiger charge is 2.14. The van der Waals surface area contributed by atoms with Gasteiger partial charge in [-0.1, -0.05) is 37.7 Å². The average Bonchev–Trinajstić information content (AvgIpc) is 3.20. The number of rotatable bonds is 13. The molecule has 0 saturated heterocycles. The summed E-state index contributed by atoms with van der Waals surface area (Å²) in [4.78, 5) is 23.0. The zero-order valence-electron chi connectivity index (χ0n) is 18.8. The van der Waals surface area contributed by atoms with Crippen LogP contribution in [0.5, 0.6) is 0 Å². The monoisotopic (exact) mass is 474 g/mol. The van der Waals surface area contributed by atoms with Crippen LogP contribution in [-0.2, 0) is 11.3 Å². The van der Waals surface area contributed by atoms with Crippen LogP contribution in [0.15, 0.2) is 40.5 Å². The first-order valence-electron chi connectivity index (χ1n) is 10.9. The molecule has 0 bridgehead atoms. The quantitative estimate of drug-likeness (QED) is 0.219. The molecule has 2 aromatic heterocycles. The van der Waals surface area contributed by atoms with E-state index in [4.69, 9.17) is 4.74 Å². The number of ether oxygens (including phenoxy) is 1. The van der Waals surface area contributed by atoms with Crippen molar-refractivity contribution in [3.05, 3.63) is 36.0 Å². The third kappa shape index (κ3) is 6.36. The largest absolute Gasteiger partial charge is 0.380 e. The van der Waals surface area contributed by atoms with E-state index in [0.717, 1.165) is 33.3 Å². The molecule has 0 spiro atoms. The first-order valence-corrected chi connectivity index (χ1v) is 12.8. The summed E-state index contributed by atoms with van der Waals surface area (Å²) in [6, 6.07) is 7.68. The van der Waals surface area contributed by atoms with E-state index in [-0.39, 0.29) is 5.91 Å². The van der Waals surface area contributed by atoms with Crippen molar-refractivity contribution in [1.29, 1.82) is 0 Å². The van der Waals surface area contributed by atoms with Crippen LogP contribution in [0, 0.1) is 0 Å². The van der Waals surface area contributed by atoms with Gasteiger partial charge in [-0.15, -0.1) is 11.8 Å². The summed E-state index contributed by atoms with van der Waals surface area (Å²) in [5.41, 5.74) is 1.46. The van der Waals surface area contributed by atoms with Gasteiger partial charge in [-0.25, -0.2) is 14.6 Å². The molecule has 0 fully saturated rings. The normalized spacial score (nSPS) is 11.1. The Morgan fingerprint density at radius 2 is 1.91 bits per heavy atom. The van der Waals surface area contributed by atoms with Crippen LogP contribution in [0.1, 0.15) is 31.1 Å². The number of nitrogens with zero attached hydrogens (tertiary/aromatic N) is 4. The molecular formula is C22H30N6O2S2. The molecule has 3 aromatic rings. The molecule has 10 heteroatoms. The number of nitrogens with one attached hydrogen (secondary N) is 2. The van der Waals surface area contributed by atoms with Gasteiger partial charge in [0.1, 0.15) is 5.82 Å². The number of hydrogen-bond donors (Lipinski definition) is 2. The second kappa shape index (κ2) is 12.7. The van der Waals surface area contributed by atoms with Gasteiger partial charge in [0.25, 0.3) is 5.91 Å².